The first-order chi connectivity index (χ1) is 9.72. The lowest BCUT2D eigenvalue weighted by atomic mass is 10.1. The highest BCUT2D eigenvalue weighted by Crippen LogP contribution is 2.26. The average molecular weight is 284 g/mol. The van der Waals surface area contributed by atoms with Gasteiger partial charge in [0.05, 0.1) is 0 Å². The molecule has 3 rings (SSSR count). The molecule has 2 aromatic heterocycles. The fraction of sp³-hybridized carbons (Fsp3) is 0.0667. The van der Waals surface area contributed by atoms with Crippen LogP contribution >= 0.6 is 11.3 Å². The third-order valence-corrected chi connectivity index (χ3v) is 3.58. The van der Waals surface area contributed by atoms with Gasteiger partial charge in [-0.2, -0.15) is 0 Å². The molecule has 0 bridgehead atoms. The van der Waals surface area contributed by atoms with Crippen molar-refractivity contribution in [3.05, 3.63) is 52.5 Å². The summed E-state index contributed by atoms with van der Waals surface area (Å²) in [5.74, 6) is -0.834. The van der Waals surface area contributed by atoms with Crippen LogP contribution in [0.15, 0.2) is 46.2 Å². The maximum atomic E-state index is 10.9. The first-order valence-electron chi connectivity index (χ1n) is 6.02. The fourth-order valence-corrected chi connectivity index (χ4v) is 2.58. The molecule has 100 valence electrons. The van der Waals surface area contributed by atoms with Gasteiger partial charge in [0.1, 0.15) is 5.52 Å². The molecule has 0 unspecified atom stereocenters. The van der Waals surface area contributed by atoms with Gasteiger partial charge < -0.3 is 14.3 Å². The summed E-state index contributed by atoms with van der Waals surface area (Å²) in [4.78, 5) is 16.2. The number of carboxylic acids is 1. The van der Waals surface area contributed by atoms with Crippen molar-refractivity contribution in [1.29, 1.82) is 0 Å². The molecule has 0 amide bonds. The zero-order chi connectivity index (χ0) is 13.9. The summed E-state index contributed by atoms with van der Waals surface area (Å²) >= 11 is 1.52. The molecule has 0 fully saturated rings. The minimum absolute atomic E-state index is 0.231. The lowest BCUT2D eigenvalue weighted by molar-refractivity contribution is -0.304. The number of fused-ring (bicyclic) bond motifs is 1. The Hall–Kier alpha value is -2.40. The van der Waals surface area contributed by atoms with Gasteiger partial charge in [0, 0.05) is 22.8 Å². The van der Waals surface area contributed by atoms with Gasteiger partial charge in [-0.3, -0.25) is 0 Å². The predicted octanol–water partition coefficient (Wildman–Crippen LogP) is 2.57. The minimum Gasteiger partial charge on any atom is -0.550 e. The normalized spacial score (nSPS) is 11.9. The van der Waals surface area contributed by atoms with Crippen molar-refractivity contribution in [3.8, 4) is 0 Å². The Labute approximate surface area is 119 Å². The van der Waals surface area contributed by atoms with Crippen LogP contribution in [0.2, 0.25) is 0 Å². The van der Waals surface area contributed by atoms with E-state index in [1.807, 2.05) is 35.7 Å². The van der Waals surface area contributed by atoms with E-state index in [1.54, 1.807) is 12.1 Å². The lowest BCUT2D eigenvalue weighted by Crippen LogP contribution is -2.22. The van der Waals surface area contributed by atoms with E-state index in [2.05, 4.69) is 4.98 Å². The molecule has 0 aliphatic heterocycles. The number of aliphatic carboxylic acids is 1. The summed E-state index contributed by atoms with van der Waals surface area (Å²) in [6.45, 7) is 0. The van der Waals surface area contributed by atoms with Crippen LogP contribution in [0, 0.1) is 0 Å². The quantitative estimate of drug-likeness (QED) is 0.738. The number of para-hydroxylation sites is 2. The van der Waals surface area contributed by atoms with E-state index in [0.29, 0.717) is 22.6 Å². The van der Waals surface area contributed by atoms with E-state index in [4.69, 9.17) is 4.42 Å². The molecule has 0 spiro atoms. The second-order valence-corrected chi connectivity index (χ2v) is 5.20. The number of hydrogen-bond acceptors (Lipinski definition) is 5. The smallest absolute Gasteiger partial charge is 0.223 e. The summed E-state index contributed by atoms with van der Waals surface area (Å²) in [7, 11) is 0. The van der Waals surface area contributed by atoms with Crippen LogP contribution in [0.25, 0.3) is 22.7 Å². The van der Waals surface area contributed by atoms with Gasteiger partial charge in [-0.1, -0.05) is 18.2 Å². The molecule has 5 heteroatoms. The third kappa shape index (κ3) is 2.62. The molecule has 0 N–H and O–H groups in total. The number of hydrogen-bond donors (Lipinski definition) is 0. The van der Waals surface area contributed by atoms with Crippen LogP contribution in [0.5, 0.6) is 0 Å². The maximum absolute atomic E-state index is 10.9. The number of aromatic nitrogens is 1. The van der Waals surface area contributed by atoms with Gasteiger partial charge >= 0.3 is 0 Å². The van der Waals surface area contributed by atoms with Crippen LogP contribution in [0.1, 0.15) is 17.2 Å². The number of thiophene rings is 1. The summed E-state index contributed by atoms with van der Waals surface area (Å²) in [6.07, 6.45) is 1.54. The number of oxazole rings is 1. The van der Waals surface area contributed by atoms with E-state index < -0.39 is 5.97 Å². The zero-order valence-corrected chi connectivity index (χ0v) is 11.2. The van der Waals surface area contributed by atoms with Crippen LogP contribution in [0.4, 0.5) is 0 Å². The molecular formula is C15H10NO3S-. The Bertz CT molecular complexity index is 738. The minimum atomic E-state index is -1.16. The molecular weight excluding hydrogens is 274 g/mol. The summed E-state index contributed by atoms with van der Waals surface area (Å²) in [5, 5.41) is 12.8. The molecule has 20 heavy (non-hydrogen) atoms. The number of benzene rings is 1. The van der Waals surface area contributed by atoms with E-state index in [0.717, 1.165) is 4.88 Å². The highest BCUT2D eigenvalue weighted by atomic mass is 32.1. The van der Waals surface area contributed by atoms with E-state index in [1.165, 1.54) is 11.3 Å². The molecule has 0 atom stereocenters. The Morgan fingerprint density at radius 3 is 2.85 bits per heavy atom. The summed E-state index contributed by atoms with van der Waals surface area (Å²) in [6, 6.07) is 11.1. The maximum Gasteiger partial charge on any atom is 0.223 e. The predicted molar refractivity (Wildman–Crippen MR) is 75.8 cm³/mol. The Morgan fingerprint density at radius 1 is 1.30 bits per heavy atom. The van der Waals surface area contributed by atoms with Crippen LogP contribution in [-0.4, -0.2) is 11.0 Å². The van der Waals surface area contributed by atoms with Crippen LogP contribution in [-0.2, 0) is 4.79 Å². The first kappa shape index (κ1) is 12.6. The first-order valence-corrected chi connectivity index (χ1v) is 6.90. The summed E-state index contributed by atoms with van der Waals surface area (Å²) < 4.78 is 5.61. The molecule has 1 aromatic carbocycles. The van der Waals surface area contributed by atoms with Gasteiger partial charge in [-0.15, -0.1) is 11.3 Å². The molecule has 0 radical (unpaired) electrons. The Morgan fingerprint density at radius 2 is 2.15 bits per heavy atom. The standard InChI is InChI=1S/C15H11NO3S/c17-14(18)9-10(8-11-4-3-7-20-11)15-16-12-5-1-2-6-13(12)19-15/h1-8H,9H2,(H,17,18)/p-1/b10-8+. The van der Waals surface area contributed by atoms with Crippen molar-refractivity contribution < 1.29 is 14.3 Å². The average Bonchev–Trinajstić information content (AvgIpc) is 3.05. The number of nitrogens with zero attached hydrogens (tertiary/aromatic N) is 1. The number of rotatable bonds is 4. The van der Waals surface area contributed by atoms with Crippen molar-refractivity contribution in [2.24, 2.45) is 0 Å². The zero-order valence-electron chi connectivity index (χ0n) is 10.4. The van der Waals surface area contributed by atoms with Gasteiger partial charge in [0.2, 0.25) is 5.89 Å². The van der Waals surface area contributed by atoms with Gasteiger partial charge in [-0.05, 0) is 29.7 Å². The SMILES string of the molecule is O=C([O-])C/C(=C\c1cccs1)c1nc2ccccc2o1. The largest absolute Gasteiger partial charge is 0.550 e. The van der Waals surface area contributed by atoms with Crippen molar-refractivity contribution >= 4 is 40.1 Å². The summed E-state index contributed by atoms with van der Waals surface area (Å²) in [5.41, 5.74) is 1.85. The molecule has 3 aromatic rings. The number of carbonyl (C=O) groups excluding carboxylic acids is 1. The highest BCUT2D eigenvalue weighted by molar-refractivity contribution is 7.10. The topological polar surface area (TPSA) is 66.2 Å². The van der Waals surface area contributed by atoms with Gasteiger partial charge in [0.15, 0.2) is 5.58 Å². The second kappa shape index (κ2) is 5.30. The van der Waals surface area contributed by atoms with E-state index >= 15 is 0 Å². The lowest BCUT2D eigenvalue weighted by Gasteiger charge is -2.03. The van der Waals surface area contributed by atoms with Crippen molar-refractivity contribution in [3.63, 3.8) is 0 Å². The number of carboxylic acid groups (broad SMARTS) is 1. The monoisotopic (exact) mass is 284 g/mol. The molecule has 0 saturated carbocycles. The molecule has 0 saturated heterocycles. The van der Waals surface area contributed by atoms with E-state index in [-0.39, 0.29) is 6.42 Å². The second-order valence-electron chi connectivity index (χ2n) is 4.22. The van der Waals surface area contributed by atoms with E-state index in [9.17, 15) is 9.90 Å². The molecule has 2 heterocycles. The Kier molecular flexibility index (Phi) is 3.35. The van der Waals surface area contributed by atoms with Crippen molar-refractivity contribution in [2.75, 3.05) is 0 Å². The molecule has 0 aliphatic carbocycles. The molecule has 4 nitrogen and oxygen atoms in total. The van der Waals surface area contributed by atoms with Gasteiger partial charge in [0.25, 0.3) is 0 Å². The van der Waals surface area contributed by atoms with Crippen LogP contribution in [0.3, 0.4) is 0 Å². The van der Waals surface area contributed by atoms with Crippen molar-refractivity contribution in [1.82, 2.24) is 4.98 Å². The van der Waals surface area contributed by atoms with Crippen molar-refractivity contribution in [2.45, 2.75) is 6.42 Å². The highest BCUT2D eigenvalue weighted by Gasteiger charge is 2.11. The number of carbonyl (C=O) groups is 1. The molecule has 0 aliphatic rings. The fourth-order valence-electron chi connectivity index (χ4n) is 1.90. The Balaban J connectivity index is 2.06. The third-order valence-electron chi connectivity index (χ3n) is 2.76. The van der Waals surface area contributed by atoms with Crippen LogP contribution < -0.4 is 5.11 Å². The van der Waals surface area contributed by atoms with Gasteiger partial charge in [-0.25, -0.2) is 4.98 Å².